The van der Waals surface area contributed by atoms with Crippen LogP contribution >= 0.6 is 0 Å². The van der Waals surface area contributed by atoms with Gasteiger partial charge in [-0.25, -0.2) is 0 Å². The third-order valence-electron chi connectivity index (χ3n) is 3.67. The van der Waals surface area contributed by atoms with Crippen LogP contribution in [0.4, 0.5) is 0 Å². The van der Waals surface area contributed by atoms with Gasteiger partial charge in [0.15, 0.2) is 0 Å². The molecule has 2 unspecified atom stereocenters. The Bertz CT molecular complexity index is 239. The Morgan fingerprint density at radius 1 is 1.31 bits per heavy atom. The average molecular weight is 226 g/mol. The van der Waals surface area contributed by atoms with E-state index in [2.05, 4.69) is 17.6 Å². The van der Waals surface area contributed by atoms with Gasteiger partial charge in [-0.3, -0.25) is 4.79 Å². The maximum absolute atomic E-state index is 12.1. The molecule has 2 heterocycles. The third-order valence-corrected chi connectivity index (χ3v) is 3.67. The molecular formula is C12H22N2O2. The molecule has 2 rings (SSSR count). The Labute approximate surface area is 97.1 Å². The molecule has 2 aliphatic rings. The van der Waals surface area contributed by atoms with Crippen LogP contribution in [-0.4, -0.2) is 37.7 Å². The number of ether oxygens (including phenoxy) is 1. The van der Waals surface area contributed by atoms with Gasteiger partial charge in [0.05, 0.1) is 5.92 Å². The van der Waals surface area contributed by atoms with Crippen molar-refractivity contribution >= 4 is 5.91 Å². The van der Waals surface area contributed by atoms with Gasteiger partial charge in [0.1, 0.15) is 0 Å². The summed E-state index contributed by atoms with van der Waals surface area (Å²) in [4.78, 5) is 12.1. The summed E-state index contributed by atoms with van der Waals surface area (Å²) >= 11 is 0. The van der Waals surface area contributed by atoms with Crippen molar-refractivity contribution < 1.29 is 9.53 Å². The van der Waals surface area contributed by atoms with Crippen LogP contribution in [-0.2, 0) is 9.53 Å². The normalized spacial score (nSPS) is 32.3. The molecule has 0 radical (unpaired) electrons. The summed E-state index contributed by atoms with van der Waals surface area (Å²) in [6.45, 7) is 4.71. The Hall–Kier alpha value is -0.610. The summed E-state index contributed by atoms with van der Waals surface area (Å²) in [5.74, 6) is 0.378. The van der Waals surface area contributed by atoms with Crippen LogP contribution in [0.2, 0.25) is 0 Å². The number of nitrogens with one attached hydrogen (secondary N) is 2. The van der Waals surface area contributed by atoms with E-state index in [1.165, 1.54) is 0 Å². The first-order valence-corrected chi connectivity index (χ1v) is 6.39. The van der Waals surface area contributed by atoms with E-state index in [0.717, 1.165) is 45.4 Å². The second-order valence-corrected chi connectivity index (χ2v) is 4.89. The first-order valence-electron chi connectivity index (χ1n) is 6.39. The fourth-order valence-corrected chi connectivity index (χ4v) is 2.55. The molecule has 2 N–H and O–H groups in total. The van der Waals surface area contributed by atoms with Crippen molar-refractivity contribution in [3.8, 4) is 0 Å². The lowest BCUT2D eigenvalue weighted by molar-refractivity contribution is -0.127. The predicted octanol–water partition coefficient (Wildman–Crippen LogP) is 0.670. The quantitative estimate of drug-likeness (QED) is 0.727. The van der Waals surface area contributed by atoms with Crippen LogP contribution in [0.25, 0.3) is 0 Å². The van der Waals surface area contributed by atoms with Crippen LogP contribution in [0.15, 0.2) is 0 Å². The highest BCUT2D eigenvalue weighted by Crippen LogP contribution is 2.17. The Morgan fingerprint density at radius 2 is 2.06 bits per heavy atom. The Morgan fingerprint density at radius 3 is 2.75 bits per heavy atom. The van der Waals surface area contributed by atoms with Gasteiger partial charge in [0, 0.05) is 25.3 Å². The van der Waals surface area contributed by atoms with E-state index >= 15 is 0 Å². The standard InChI is InChI=1S/C12H22N2O2/c1-9-11(3-2-6-13-9)12(15)14-10-4-7-16-8-5-10/h9-11,13H,2-8H2,1H3,(H,14,15). The van der Waals surface area contributed by atoms with Gasteiger partial charge in [-0.15, -0.1) is 0 Å². The fourth-order valence-electron chi connectivity index (χ4n) is 2.55. The number of carbonyl (C=O) groups is 1. The SMILES string of the molecule is CC1NCCCC1C(=O)NC1CCOCC1. The molecule has 2 fully saturated rings. The van der Waals surface area contributed by atoms with Gasteiger partial charge >= 0.3 is 0 Å². The van der Waals surface area contributed by atoms with E-state index in [0.29, 0.717) is 12.1 Å². The number of rotatable bonds is 2. The monoisotopic (exact) mass is 226 g/mol. The summed E-state index contributed by atoms with van der Waals surface area (Å²) in [6.07, 6.45) is 4.04. The molecule has 4 nitrogen and oxygen atoms in total. The summed E-state index contributed by atoms with van der Waals surface area (Å²) in [5.41, 5.74) is 0. The topological polar surface area (TPSA) is 50.4 Å². The van der Waals surface area contributed by atoms with E-state index < -0.39 is 0 Å². The van der Waals surface area contributed by atoms with Crippen molar-refractivity contribution in [3.05, 3.63) is 0 Å². The Balaban J connectivity index is 1.81. The van der Waals surface area contributed by atoms with Gasteiger partial charge in [-0.1, -0.05) is 0 Å². The van der Waals surface area contributed by atoms with E-state index in [1.54, 1.807) is 0 Å². The smallest absolute Gasteiger partial charge is 0.224 e. The highest BCUT2D eigenvalue weighted by molar-refractivity contribution is 5.79. The van der Waals surface area contributed by atoms with E-state index in [-0.39, 0.29) is 11.8 Å². The maximum atomic E-state index is 12.1. The number of hydrogen-bond donors (Lipinski definition) is 2. The molecule has 0 saturated carbocycles. The predicted molar refractivity (Wildman–Crippen MR) is 62.2 cm³/mol. The largest absolute Gasteiger partial charge is 0.381 e. The van der Waals surface area contributed by atoms with Crippen LogP contribution in [0, 0.1) is 5.92 Å². The number of carbonyl (C=O) groups excluding carboxylic acids is 1. The zero-order valence-electron chi connectivity index (χ0n) is 10.00. The van der Waals surface area contributed by atoms with Crippen molar-refractivity contribution in [2.24, 2.45) is 5.92 Å². The third kappa shape index (κ3) is 2.95. The fraction of sp³-hybridized carbons (Fsp3) is 0.917. The van der Waals surface area contributed by atoms with Crippen molar-refractivity contribution in [2.45, 2.75) is 44.7 Å². The van der Waals surface area contributed by atoms with Crippen LogP contribution < -0.4 is 10.6 Å². The van der Waals surface area contributed by atoms with Crippen LogP contribution in [0.5, 0.6) is 0 Å². The molecule has 0 aliphatic carbocycles. The first kappa shape index (κ1) is 11.9. The van der Waals surface area contributed by atoms with Gasteiger partial charge in [-0.05, 0) is 39.2 Å². The van der Waals surface area contributed by atoms with E-state index in [1.807, 2.05) is 0 Å². The minimum atomic E-state index is 0.150. The molecule has 0 aromatic heterocycles. The minimum absolute atomic E-state index is 0.150. The maximum Gasteiger partial charge on any atom is 0.224 e. The Kier molecular flexibility index (Phi) is 4.18. The molecular weight excluding hydrogens is 204 g/mol. The summed E-state index contributed by atoms with van der Waals surface area (Å²) in [6, 6.07) is 0.643. The highest BCUT2D eigenvalue weighted by Gasteiger charge is 2.29. The van der Waals surface area contributed by atoms with Gasteiger partial charge < -0.3 is 15.4 Å². The minimum Gasteiger partial charge on any atom is -0.381 e. The molecule has 4 heteroatoms. The molecule has 16 heavy (non-hydrogen) atoms. The van der Waals surface area contributed by atoms with Crippen molar-refractivity contribution in [1.29, 1.82) is 0 Å². The number of hydrogen-bond acceptors (Lipinski definition) is 3. The zero-order valence-corrected chi connectivity index (χ0v) is 10.00. The highest BCUT2D eigenvalue weighted by atomic mass is 16.5. The molecule has 92 valence electrons. The van der Waals surface area contributed by atoms with Crippen molar-refractivity contribution in [1.82, 2.24) is 10.6 Å². The second kappa shape index (κ2) is 5.64. The van der Waals surface area contributed by atoms with Crippen molar-refractivity contribution in [2.75, 3.05) is 19.8 Å². The summed E-state index contributed by atoms with van der Waals surface area (Å²) < 4.78 is 5.28. The van der Waals surface area contributed by atoms with Crippen LogP contribution in [0.1, 0.15) is 32.6 Å². The van der Waals surface area contributed by atoms with Crippen molar-refractivity contribution in [3.63, 3.8) is 0 Å². The molecule has 0 aromatic carbocycles. The van der Waals surface area contributed by atoms with Gasteiger partial charge in [-0.2, -0.15) is 0 Å². The summed E-state index contributed by atoms with van der Waals surface area (Å²) in [7, 11) is 0. The van der Waals surface area contributed by atoms with Crippen LogP contribution in [0.3, 0.4) is 0 Å². The first-order chi connectivity index (χ1) is 7.77. The molecule has 2 saturated heterocycles. The molecule has 2 atom stereocenters. The molecule has 0 bridgehead atoms. The summed E-state index contributed by atoms with van der Waals surface area (Å²) in [5, 5.41) is 6.52. The lowest BCUT2D eigenvalue weighted by Gasteiger charge is -2.31. The van der Waals surface area contributed by atoms with Gasteiger partial charge in [0.25, 0.3) is 0 Å². The molecule has 0 spiro atoms. The number of piperidine rings is 1. The number of amides is 1. The molecule has 2 aliphatic heterocycles. The average Bonchev–Trinajstić information content (AvgIpc) is 2.31. The van der Waals surface area contributed by atoms with E-state index in [9.17, 15) is 4.79 Å². The lowest BCUT2D eigenvalue weighted by Crippen LogP contribution is -2.49. The molecule has 1 amide bonds. The van der Waals surface area contributed by atoms with Gasteiger partial charge in [0.2, 0.25) is 5.91 Å². The molecule has 0 aromatic rings. The zero-order chi connectivity index (χ0) is 11.4. The second-order valence-electron chi connectivity index (χ2n) is 4.89. The van der Waals surface area contributed by atoms with E-state index in [4.69, 9.17) is 4.74 Å². The lowest BCUT2D eigenvalue weighted by atomic mass is 9.90.